The van der Waals surface area contributed by atoms with Crippen LogP contribution in [0.25, 0.3) is 0 Å². The third kappa shape index (κ3) is 7.19. The minimum atomic E-state index is -0.351. The van der Waals surface area contributed by atoms with Gasteiger partial charge < -0.3 is 16.0 Å². The largest absolute Gasteiger partial charge is 0.347 e. The number of aryl methyl sites for hydroxylation is 1. The Balaban J connectivity index is 1.93. The Morgan fingerprint density at radius 1 is 0.963 bits per heavy atom. The van der Waals surface area contributed by atoms with Crippen LogP contribution in [0, 0.1) is 0 Å². The Morgan fingerprint density at radius 3 is 2.26 bits per heavy atom. The first-order valence-corrected chi connectivity index (χ1v) is 9.22. The summed E-state index contributed by atoms with van der Waals surface area (Å²) < 4.78 is 0. The Morgan fingerprint density at radius 2 is 1.59 bits per heavy atom. The van der Waals surface area contributed by atoms with E-state index in [4.69, 9.17) is 12.2 Å². The summed E-state index contributed by atoms with van der Waals surface area (Å²) in [5.74, 6) is -0.378. The van der Waals surface area contributed by atoms with Gasteiger partial charge in [-0.05, 0) is 57.1 Å². The molecule has 0 aliphatic rings. The number of hydrogen-bond donors (Lipinski definition) is 3. The molecule has 0 saturated carbocycles. The van der Waals surface area contributed by atoms with Crippen LogP contribution in [0.2, 0.25) is 0 Å². The lowest BCUT2D eigenvalue weighted by atomic mass is 10.1. The summed E-state index contributed by atoms with van der Waals surface area (Å²) in [6.07, 6.45) is 0.970. The van der Waals surface area contributed by atoms with Crippen molar-refractivity contribution in [1.82, 2.24) is 10.6 Å². The van der Waals surface area contributed by atoms with Crippen molar-refractivity contribution >= 4 is 34.8 Å². The number of nitrogens with one attached hydrogen (secondary N) is 3. The number of anilines is 1. The molecule has 2 rings (SSSR count). The fourth-order valence-electron chi connectivity index (χ4n) is 2.44. The molecule has 6 heteroatoms. The molecule has 142 valence electrons. The zero-order chi connectivity index (χ0) is 19.9. The van der Waals surface area contributed by atoms with E-state index in [1.807, 2.05) is 51.1 Å². The Bertz CT molecular complexity index is 814. The summed E-state index contributed by atoms with van der Waals surface area (Å²) in [6, 6.07) is 16.8. The van der Waals surface area contributed by atoms with Crippen molar-refractivity contribution in [3.8, 4) is 0 Å². The van der Waals surface area contributed by atoms with Gasteiger partial charge in [-0.1, -0.05) is 42.5 Å². The molecule has 0 aliphatic heterocycles. The molecule has 0 heterocycles. The lowest BCUT2D eigenvalue weighted by molar-refractivity contribution is -0.119. The van der Waals surface area contributed by atoms with E-state index in [1.165, 1.54) is 0 Å². The highest BCUT2D eigenvalue weighted by atomic mass is 32.1. The third-order valence-corrected chi connectivity index (χ3v) is 3.85. The SMILES string of the molecule is CC(C)(C)NC(=O)c1ccccc1NC(=S)NC(=O)CCc1ccccc1. The molecule has 27 heavy (non-hydrogen) atoms. The molecule has 0 fully saturated rings. The van der Waals surface area contributed by atoms with Crippen LogP contribution >= 0.6 is 12.2 Å². The molecule has 0 bridgehead atoms. The smallest absolute Gasteiger partial charge is 0.253 e. The molecule has 0 atom stereocenters. The summed E-state index contributed by atoms with van der Waals surface area (Å²) in [7, 11) is 0. The molecule has 0 radical (unpaired) electrons. The predicted molar refractivity (Wildman–Crippen MR) is 113 cm³/mol. The number of rotatable bonds is 5. The number of para-hydroxylation sites is 1. The first-order valence-electron chi connectivity index (χ1n) is 8.81. The Hall–Kier alpha value is -2.73. The van der Waals surface area contributed by atoms with Crippen molar-refractivity contribution in [3.05, 3.63) is 65.7 Å². The monoisotopic (exact) mass is 383 g/mol. The van der Waals surface area contributed by atoms with E-state index >= 15 is 0 Å². The zero-order valence-corrected chi connectivity index (χ0v) is 16.7. The number of amides is 2. The van der Waals surface area contributed by atoms with E-state index < -0.39 is 0 Å². The maximum atomic E-state index is 12.5. The Kier molecular flexibility index (Phi) is 7.07. The Labute approximate surface area is 165 Å². The van der Waals surface area contributed by atoms with Gasteiger partial charge in [0.15, 0.2) is 5.11 Å². The van der Waals surface area contributed by atoms with Gasteiger partial charge in [0.25, 0.3) is 5.91 Å². The van der Waals surface area contributed by atoms with Gasteiger partial charge >= 0.3 is 0 Å². The zero-order valence-electron chi connectivity index (χ0n) is 15.8. The second kappa shape index (κ2) is 9.28. The van der Waals surface area contributed by atoms with Crippen molar-refractivity contribution in [3.63, 3.8) is 0 Å². The van der Waals surface area contributed by atoms with Crippen LogP contribution in [0.4, 0.5) is 5.69 Å². The summed E-state index contributed by atoms with van der Waals surface area (Å²) >= 11 is 5.22. The molecule has 0 aromatic heterocycles. The molecule has 2 amide bonds. The number of carbonyl (C=O) groups excluding carboxylic acids is 2. The van der Waals surface area contributed by atoms with Gasteiger partial charge in [0.05, 0.1) is 11.3 Å². The molecule has 0 aliphatic carbocycles. The van der Waals surface area contributed by atoms with E-state index in [0.717, 1.165) is 5.56 Å². The summed E-state index contributed by atoms with van der Waals surface area (Å²) in [5.41, 5.74) is 1.76. The molecule has 2 aromatic carbocycles. The second-order valence-corrected chi connectivity index (χ2v) is 7.65. The minimum Gasteiger partial charge on any atom is -0.347 e. The van der Waals surface area contributed by atoms with Gasteiger partial charge in [0, 0.05) is 12.0 Å². The number of carbonyl (C=O) groups is 2. The minimum absolute atomic E-state index is 0.170. The van der Waals surface area contributed by atoms with Crippen LogP contribution in [-0.2, 0) is 11.2 Å². The molecule has 0 saturated heterocycles. The highest BCUT2D eigenvalue weighted by Gasteiger charge is 2.18. The fraction of sp³-hybridized carbons (Fsp3) is 0.286. The molecular formula is C21H25N3O2S. The maximum absolute atomic E-state index is 12.5. The molecular weight excluding hydrogens is 358 g/mol. The average molecular weight is 384 g/mol. The van der Waals surface area contributed by atoms with Crippen molar-refractivity contribution in [1.29, 1.82) is 0 Å². The molecule has 2 aromatic rings. The highest BCUT2D eigenvalue weighted by Crippen LogP contribution is 2.16. The van der Waals surface area contributed by atoms with Crippen LogP contribution in [0.3, 0.4) is 0 Å². The first kappa shape index (κ1) is 20.6. The summed E-state index contributed by atoms with van der Waals surface area (Å²) in [4.78, 5) is 24.6. The van der Waals surface area contributed by atoms with Crippen molar-refractivity contribution in [2.75, 3.05) is 5.32 Å². The van der Waals surface area contributed by atoms with Gasteiger partial charge in [-0.2, -0.15) is 0 Å². The standard InChI is InChI=1S/C21H25N3O2S/c1-21(2,3)24-19(26)16-11-7-8-12-17(16)22-20(27)23-18(25)14-13-15-9-5-4-6-10-15/h4-12H,13-14H2,1-3H3,(H,24,26)(H2,22,23,25,27). The van der Waals surface area contributed by atoms with Gasteiger partial charge in [0.2, 0.25) is 5.91 Å². The van der Waals surface area contributed by atoms with E-state index in [1.54, 1.807) is 24.3 Å². The molecule has 5 nitrogen and oxygen atoms in total. The first-order chi connectivity index (χ1) is 12.7. The number of hydrogen-bond acceptors (Lipinski definition) is 3. The van der Waals surface area contributed by atoms with Crippen LogP contribution in [0.15, 0.2) is 54.6 Å². The van der Waals surface area contributed by atoms with Gasteiger partial charge in [0.1, 0.15) is 0 Å². The molecule has 0 spiro atoms. The predicted octanol–water partition coefficient (Wildman–Crippen LogP) is 3.66. The maximum Gasteiger partial charge on any atom is 0.253 e. The topological polar surface area (TPSA) is 70.2 Å². The second-order valence-electron chi connectivity index (χ2n) is 7.24. The van der Waals surface area contributed by atoms with Gasteiger partial charge in [-0.25, -0.2) is 0 Å². The van der Waals surface area contributed by atoms with E-state index in [0.29, 0.717) is 24.1 Å². The number of thiocarbonyl (C=S) groups is 1. The lowest BCUT2D eigenvalue weighted by Gasteiger charge is -2.21. The van der Waals surface area contributed by atoms with Crippen molar-refractivity contribution in [2.45, 2.75) is 39.2 Å². The number of benzene rings is 2. The average Bonchev–Trinajstić information content (AvgIpc) is 2.59. The quantitative estimate of drug-likeness (QED) is 0.689. The fourth-order valence-corrected chi connectivity index (χ4v) is 2.67. The summed E-state index contributed by atoms with van der Waals surface area (Å²) in [5, 5.41) is 8.70. The lowest BCUT2D eigenvalue weighted by Crippen LogP contribution is -2.41. The van der Waals surface area contributed by atoms with Crippen LogP contribution < -0.4 is 16.0 Å². The van der Waals surface area contributed by atoms with Gasteiger partial charge in [-0.15, -0.1) is 0 Å². The summed E-state index contributed by atoms with van der Waals surface area (Å²) in [6.45, 7) is 5.75. The molecule has 0 unspecified atom stereocenters. The van der Waals surface area contributed by atoms with Crippen LogP contribution in [-0.4, -0.2) is 22.5 Å². The van der Waals surface area contributed by atoms with E-state index in [2.05, 4.69) is 16.0 Å². The third-order valence-electron chi connectivity index (χ3n) is 3.64. The van der Waals surface area contributed by atoms with Crippen molar-refractivity contribution in [2.24, 2.45) is 0 Å². The normalized spacial score (nSPS) is 10.8. The van der Waals surface area contributed by atoms with E-state index in [-0.39, 0.29) is 22.5 Å². The van der Waals surface area contributed by atoms with Gasteiger partial charge in [-0.3, -0.25) is 9.59 Å². The van der Waals surface area contributed by atoms with Crippen LogP contribution in [0.5, 0.6) is 0 Å². The molecule has 3 N–H and O–H groups in total. The highest BCUT2D eigenvalue weighted by molar-refractivity contribution is 7.80. The van der Waals surface area contributed by atoms with Crippen molar-refractivity contribution < 1.29 is 9.59 Å². The van der Waals surface area contributed by atoms with E-state index in [9.17, 15) is 9.59 Å². The van der Waals surface area contributed by atoms with Crippen LogP contribution in [0.1, 0.15) is 43.1 Å².